The van der Waals surface area contributed by atoms with Crippen molar-refractivity contribution in [3.8, 4) is 0 Å². The zero-order chi connectivity index (χ0) is 14.3. The third-order valence-corrected chi connectivity index (χ3v) is 3.70. The number of nitrogens with one attached hydrogen (secondary N) is 1. The van der Waals surface area contributed by atoms with Crippen molar-refractivity contribution in [3.63, 3.8) is 0 Å². The molecule has 0 aliphatic heterocycles. The highest BCUT2D eigenvalue weighted by Crippen LogP contribution is 2.12. The summed E-state index contributed by atoms with van der Waals surface area (Å²) < 4.78 is 0. The van der Waals surface area contributed by atoms with Crippen LogP contribution in [0.4, 0.5) is 0 Å². The Morgan fingerprint density at radius 2 is 1.32 bits per heavy atom. The second-order valence-corrected chi connectivity index (χ2v) is 5.80. The molecule has 1 N–H and O–H groups in total. The molecule has 1 unspecified atom stereocenters. The molecule has 0 aromatic rings. The molecule has 0 fully saturated rings. The van der Waals surface area contributed by atoms with Gasteiger partial charge in [0.25, 0.3) is 0 Å². The summed E-state index contributed by atoms with van der Waals surface area (Å²) in [7, 11) is 0. The van der Waals surface area contributed by atoms with E-state index in [-0.39, 0.29) is 5.91 Å². The molecule has 0 heterocycles. The fourth-order valence-electron chi connectivity index (χ4n) is 2.63. The van der Waals surface area contributed by atoms with Gasteiger partial charge < -0.3 is 5.32 Å². The number of hydrogen-bond donors (Lipinski definition) is 1. The van der Waals surface area contributed by atoms with Crippen LogP contribution >= 0.6 is 0 Å². The Hall–Kier alpha value is -0.530. The molecule has 0 aromatic heterocycles. The predicted molar refractivity (Wildman–Crippen MR) is 84.4 cm³/mol. The highest BCUT2D eigenvalue weighted by atomic mass is 16.1. The molecule has 0 saturated heterocycles. The van der Waals surface area contributed by atoms with E-state index < -0.39 is 0 Å². The first-order chi connectivity index (χ1) is 9.20. The van der Waals surface area contributed by atoms with Crippen LogP contribution in [0.1, 0.15) is 97.8 Å². The quantitative estimate of drug-likeness (QED) is 0.457. The van der Waals surface area contributed by atoms with Crippen molar-refractivity contribution in [2.75, 3.05) is 0 Å². The van der Waals surface area contributed by atoms with Crippen LogP contribution in [0.5, 0.6) is 0 Å². The van der Waals surface area contributed by atoms with Gasteiger partial charge in [0.2, 0.25) is 5.91 Å². The average molecular weight is 269 g/mol. The monoisotopic (exact) mass is 269 g/mol. The fourth-order valence-corrected chi connectivity index (χ4v) is 2.63. The zero-order valence-corrected chi connectivity index (χ0v) is 13.5. The minimum Gasteiger partial charge on any atom is -0.354 e. The average Bonchev–Trinajstić information content (AvgIpc) is 2.36. The molecule has 19 heavy (non-hydrogen) atoms. The van der Waals surface area contributed by atoms with Crippen LogP contribution in [0.3, 0.4) is 0 Å². The van der Waals surface area contributed by atoms with E-state index in [0.29, 0.717) is 6.04 Å². The van der Waals surface area contributed by atoms with Crippen molar-refractivity contribution < 1.29 is 4.79 Å². The van der Waals surface area contributed by atoms with Gasteiger partial charge in [-0.2, -0.15) is 0 Å². The van der Waals surface area contributed by atoms with Crippen molar-refractivity contribution >= 4 is 5.91 Å². The van der Waals surface area contributed by atoms with Crippen molar-refractivity contribution in [2.45, 2.75) is 104 Å². The topological polar surface area (TPSA) is 29.1 Å². The lowest BCUT2D eigenvalue weighted by atomic mass is 10.0. The zero-order valence-electron chi connectivity index (χ0n) is 13.5. The van der Waals surface area contributed by atoms with Crippen LogP contribution in [-0.4, -0.2) is 11.9 Å². The minimum absolute atomic E-state index is 0.120. The molecule has 0 radical (unpaired) electrons. The molecular formula is C17H35NO. The Bertz CT molecular complexity index is 203. The fraction of sp³-hybridized carbons (Fsp3) is 0.941. The molecule has 114 valence electrons. The van der Waals surface area contributed by atoms with Gasteiger partial charge in [0.1, 0.15) is 0 Å². The third-order valence-electron chi connectivity index (χ3n) is 3.70. The van der Waals surface area contributed by atoms with Crippen molar-refractivity contribution in [2.24, 2.45) is 0 Å². The Kier molecular flexibility index (Phi) is 13.5. The summed E-state index contributed by atoms with van der Waals surface area (Å²) in [4.78, 5) is 11.1. The number of carbonyl (C=O) groups excluding carboxylic acids is 1. The Morgan fingerprint density at radius 3 is 1.79 bits per heavy atom. The van der Waals surface area contributed by atoms with E-state index in [2.05, 4.69) is 19.2 Å². The third kappa shape index (κ3) is 13.7. The lowest BCUT2D eigenvalue weighted by Crippen LogP contribution is -2.32. The first-order valence-corrected chi connectivity index (χ1v) is 8.47. The summed E-state index contributed by atoms with van der Waals surface area (Å²) in [5, 5.41) is 3.07. The summed E-state index contributed by atoms with van der Waals surface area (Å²) in [5.41, 5.74) is 0. The van der Waals surface area contributed by atoms with Gasteiger partial charge in [-0.25, -0.2) is 0 Å². The molecule has 0 aromatic carbocycles. The maximum absolute atomic E-state index is 11.1. The molecule has 0 aliphatic rings. The van der Waals surface area contributed by atoms with E-state index in [1.165, 1.54) is 57.8 Å². The number of unbranched alkanes of at least 4 members (excludes halogenated alkanes) is 8. The molecule has 1 amide bonds. The van der Waals surface area contributed by atoms with Gasteiger partial charge in [-0.1, -0.05) is 78.1 Å². The number of carbonyl (C=O) groups is 1. The van der Waals surface area contributed by atoms with Gasteiger partial charge in [-0.15, -0.1) is 0 Å². The van der Waals surface area contributed by atoms with Crippen LogP contribution in [0.25, 0.3) is 0 Å². The smallest absolute Gasteiger partial charge is 0.217 e. The van der Waals surface area contributed by atoms with E-state index in [9.17, 15) is 4.79 Å². The molecule has 0 rings (SSSR count). The van der Waals surface area contributed by atoms with E-state index >= 15 is 0 Å². The van der Waals surface area contributed by atoms with Crippen molar-refractivity contribution in [1.29, 1.82) is 0 Å². The summed E-state index contributed by atoms with van der Waals surface area (Å²) in [6.45, 7) is 6.08. The van der Waals surface area contributed by atoms with Gasteiger partial charge in [-0.05, 0) is 12.8 Å². The standard InChI is InChI=1S/C17H35NO/c1-4-6-7-8-9-10-11-12-13-15-17(14-5-2)18-16(3)19/h17H,4-15H2,1-3H3,(H,18,19). The lowest BCUT2D eigenvalue weighted by molar-refractivity contribution is -0.119. The molecule has 0 bridgehead atoms. The summed E-state index contributed by atoms with van der Waals surface area (Å²) >= 11 is 0. The molecule has 0 spiro atoms. The lowest BCUT2D eigenvalue weighted by Gasteiger charge is -2.16. The highest BCUT2D eigenvalue weighted by Gasteiger charge is 2.07. The summed E-state index contributed by atoms with van der Waals surface area (Å²) in [6.07, 6.45) is 15.8. The van der Waals surface area contributed by atoms with Gasteiger partial charge in [0.05, 0.1) is 0 Å². The maximum Gasteiger partial charge on any atom is 0.217 e. The number of amides is 1. The predicted octanol–water partition coefficient (Wildman–Crippen LogP) is 5.21. The molecule has 2 heteroatoms. The normalized spacial score (nSPS) is 12.4. The van der Waals surface area contributed by atoms with Crippen LogP contribution in [-0.2, 0) is 4.79 Å². The second kappa shape index (κ2) is 13.9. The SMILES string of the molecule is CCCCCCCCCCCC(CCC)NC(C)=O. The van der Waals surface area contributed by atoms with Crippen LogP contribution < -0.4 is 5.32 Å². The Labute approximate surface area is 120 Å². The van der Waals surface area contributed by atoms with Gasteiger partial charge in [-0.3, -0.25) is 4.79 Å². The first-order valence-electron chi connectivity index (χ1n) is 8.47. The first kappa shape index (κ1) is 18.5. The van der Waals surface area contributed by atoms with Gasteiger partial charge in [0.15, 0.2) is 0 Å². The largest absolute Gasteiger partial charge is 0.354 e. The Morgan fingerprint density at radius 1 is 0.789 bits per heavy atom. The minimum atomic E-state index is 0.120. The van der Waals surface area contributed by atoms with E-state index in [0.717, 1.165) is 19.3 Å². The molecule has 0 aliphatic carbocycles. The molecule has 1 atom stereocenters. The van der Waals surface area contributed by atoms with E-state index in [1.54, 1.807) is 6.92 Å². The van der Waals surface area contributed by atoms with Crippen LogP contribution in [0, 0.1) is 0 Å². The summed E-state index contributed by atoms with van der Waals surface area (Å²) in [6, 6.07) is 0.409. The second-order valence-electron chi connectivity index (χ2n) is 5.80. The molecule has 2 nitrogen and oxygen atoms in total. The highest BCUT2D eigenvalue weighted by molar-refractivity contribution is 5.73. The maximum atomic E-state index is 11.1. The van der Waals surface area contributed by atoms with Crippen LogP contribution in [0.2, 0.25) is 0 Å². The van der Waals surface area contributed by atoms with E-state index in [1.807, 2.05) is 0 Å². The van der Waals surface area contributed by atoms with Crippen molar-refractivity contribution in [1.82, 2.24) is 5.32 Å². The summed E-state index contributed by atoms with van der Waals surface area (Å²) in [5.74, 6) is 0.120. The number of rotatable bonds is 13. The number of hydrogen-bond acceptors (Lipinski definition) is 1. The molecule has 0 saturated carbocycles. The van der Waals surface area contributed by atoms with Crippen LogP contribution in [0.15, 0.2) is 0 Å². The molecular weight excluding hydrogens is 234 g/mol. The van der Waals surface area contributed by atoms with Gasteiger partial charge in [0, 0.05) is 13.0 Å². The van der Waals surface area contributed by atoms with E-state index in [4.69, 9.17) is 0 Å². The van der Waals surface area contributed by atoms with Gasteiger partial charge >= 0.3 is 0 Å². The Balaban J connectivity index is 3.36. The van der Waals surface area contributed by atoms with Crippen molar-refractivity contribution in [3.05, 3.63) is 0 Å².